The van der Waals surface area contributed by atoms with Gasteiger partial charge in [-0.15, -0.1) is 0 Å². The topological polar surface area (TPSA) is 3.24 Å². The van der Waals surface area contributed by atoms with Crippen molar-refractivity contribution in [2.24, 2.45) is 11.3 Å². The minimum atomic E-state index is 0.438. The summed E-state index contributed by atoms with van der Waals surface area (Å²) in [6.07, 6.45) is 1.28. The molecule has 0 aliphatic carbocycles. The SMILES string of the molecule is CC(CN(C)Cc1ccccc1)CC(C)(C)C. The smallest absolute Gasteiger partial charge is 0.0230 e. The third-order valence-corrected chi connectivity index (χ3v) is 2.88. The van der Waals surface area contributed by atoms with Gasteiger partial charge in [-0.05, 0) is 30.4 Å². The van der Waals surface area contributed by atoms with E-state index >= 15 is 0 Å². The molecule has 1 unspecified atom stereocenters. The number of hydrogen-bond acceptors (Lipinski definition) is 1. The molecule has 0 aromatic heterocycles. The zero-order valence-corrected chi connectivity index (χ0v) is 12.0. The molecule has 0 fully saturated rings. The van der Waals surface area contributed by atoms with Gasteiger partial charge in [0.2, 0.25) is 0 Å². The number of hydrogen-bond donors (Lipinski definition) is 0. The molecule has 1 atom stereocenters. The first-order valence-corrected chi connectivity index (χ1v) is 6.59. The van der Waals surface area contributed by atoms with E-state index in [9.17, 15) is 0 Å². The third kappa shape index (κ3) is 6.48. The molecule has 0 amide bonds. The largest absolute Gasteiger partial charge is 0.302 e. The molecule has 0 radical (unpaired) electrons. The molecule has 0 heterocycles. The normalized spacial score (nSPS) is 14.0. The first kappa shape index (κ1) is 14.2. The van der Waals surface area contributed by atoms with E-state index in [4.69, 9.17) is 0 Å². The summed E-state index contributed by atoms with van der Waals surface area (Å²) >= 11 is 0. The van der Waals surface area contributed by atoms with Crippen LogP contribution in [0.1, 0.15) is 39.7 Å². The first-order chi connectivity index (χ1) is 7.87. The van der Waals surface area contributed by atoms with Crippen molar-refractivity contribution in [1.29, 1.82) is 0 Å². The molecule has 1 aromatic rings. The van der Waals surface area contributed by atoms with Crippen LogP contribution in [-0.4, -0.2) is 18.5 Å². The lowest BCUT2D eigenvalue weighted by atomic mass is 9.85. The Bertz CT molecular complexity index is 310. The van der Waals surface area contributed by atoms with Gasteiger partial charge in [-0.3, -0.25) is 0 Å². The van der Waals surface area contributed by atoms with Gasteiger partial charge in [-0.25, -0.2) is 0 Å². The quantitative estimate of drug-likeness (QED) is 0.737. The number of benzene rings is 1. The van der Waals surface area contributed by atoms with Gasteiger partial charge in [0, 0.05) is 13.1 Å². The summed E-state index contributed by atoms with van der Waals surface area (Å²) in [5.74, 6) is 0.753. The third-order valence-electron chi connectivity index (χ3n) is 2.88. The zero-order chi connectivity index (χ0) is 12.9. The Labute approximate surface area is 107 Å². The lowest BCUT2D eigenvalue weighted by Crippen LogP contribution is -2.26. The Kier molecular flexibility index (Phi) is 5.20. The first-order valence-electron chi connectivity index (χ1n) is 6.59. The lowest BCUT2D eigenvalue weighted by Gasteiger charge is -2.27. The summed E-state index contributed by atoms with van der Waals surface area (Å²) in [6.45, 7) is 11.5. The summed E-state index contributed by atoms with van der Waals surface area (Å²) in [4.78, 5) is 2.42. The summed E-state index contributed by atoms with van der Waals surface area (Å²) in [5, 5.41) is 0. The Hall–Kier alpha value is -0.820. The molecule has 17 heavy (non-hydrogen) atoms. The van der Waals surface area contributed by atoms with Crippen molar-refractivity contribution < 1.29 is 0 Å². The van der Waals surface area contributed by atoms with Gasteiger partial charge in [0.25, 0.3) is 0 Å². The van der Waals surface area contributed by atoms with Crippen molar-refractivity contribution in [2.75, 3.05) is 13.6 Å². The van der Waals surface area contributed by atoms with Gasteiger partial charge in [-0.1, -0.05) is 58.0 Å². The summed E-state index contributed by atoms with van der Waals surface area (Å²) < 4.78 is 0. The Morgan fingerprint density at radius 3 is 2.24 bits per heavy atom. The van der Waals surface area contributed by atoms with E-state index in [1.165, 1.54) is 18.5 Å². The monoisotopic (exact) mass is 233 g/mol. The molecular formula is C16H27N. The minimum Gasteiger partial charge on any atom is -0.302 e. The van der Waals surface area contributed by atoms with Crippen LogP contribution in [0.2, 0.25) is 0 Å². The highest BCUT2D eigenvalue weighted by molar-refractivity contribution is 5.14. The van der Waals surface area contributed by atoms with Crippen molar-refractivity contribution in [3.8, 4) is 0 Å². The van der Waals surface area contributed by atoms with Crippen LogP contribution >= 0.6 is 0 Å². The van der Waals surface area contributed by atoms with Gasteiger partial charge >= 0.3 is 0 Å². The Morgan fingerprint density at radius 1 is 1.12 bits per heavy atom. The van der Waals surface area contributed by atoms with E-state index in [1.54, 1.807) is 0 Å². The van der Waals surface area contributed by atoms with Crippen molar-refractivity contribution in [3.63, 3.8) is 0 Å². The van der Waals surface area contributed by atoms with E-state index in [1.807, 2.05) is 0 Å². The maximum atomic E-state index is 2.42. The zero-order valence-electron chi connectivity index (χ0n) is 12.0. The maximum absolute atomic E-state index is 2.42. The molecular weight excluding hydrogens is 206 g/mol. The van der Waals surface area contributed by atoms with Crippen LogP contribution in [0, 0.1) is 11.3 Å². The van der Waals surface area contributed by atoms with Crippen LogP contribution in [0.25, 0.3) is 0 Å². The van der Waals surface area contributed by atoms with Crippen LogP contribution in [0.4, 0.5) is 0 Å². The molecule has 0 bridgehead atoms. The van der Waals surface area contributed by atoms with E-state index in [-0.39, 0.29) is 0 Å². The Balaban J connectivity index is 2.37. The van der Waals surface area contributed by atoms with Crippen molar-refractivity contribution in [1.82, 2.24) is 4.90 Å². The number of nitrogens with zero attached hydrogens (tertiary/aromatic N) is 1. The minimum absolute atomic E-state index is 0.438. The van der Waals surface area contributed by atoms with Crippen LogP contribution in [-0.2, 0) is 6.54 Å². The second kappa shape index (κ2) is 6.20. The van der Waals surface area contributed by atoms with Crippen molar-refractivity contribution in [2.45, 2.75) is 40.7 Å². The second-order valence-electron chi connectivity index (χ2n) is 6.55. The molecule has 0 N–H and O–H groups in total. The fourth-order valence-corrected chi connectivity index (χ4v) is 2.60. The van der Waals surface area contributed by atoms with Crippen LogP contribution in [0.5, 0.6) is 0 Å². The highest BCUT2D eigenvalue weighted by Gasteiger charge is 2.16. The highest BCUT2D eigenvalue weighted by Crippen LogP contribution is 2.24. The Morgan fingerprint density at radius 2 is 1.71 bits per heavy atom. The van der Waals surface area contributed by atoms with Gasteiger partial charge in [-0.2, -0.15) is 0 Å². The molecule has 0 aliphatic rings. The highest BCUT2D eigenvalue weighted by atomic mass is 15.1. The average Bonchev–Trinajstić information content (AvgIpc) is 2.15. The van der Waals surface area contributed by atoms with Crippen LogP contribution < -0.4 is 0 Å². The van der Waals surface area contributed by atoms with E-state index in [0.717, 1.165) is 12.5 Å². The fraction of sp³-hybridized carbons (Fsp3) is 0.625. The molecule has 0 saturated heterocycles. The van der Waals surface area contributed by atoms with Gasteiger partial charge in [0.05, 0.1) is 0 Å². The van der Waals surface area contributed by atoms with Crippen LogP contribution in [0.15, 0.2) is 30.3 Å². The summed E-state index contributed by atoms with van der Waals surface area (Å²) in [6, 6.07) is 10.7. The van der Waals surface area contributed by atoms with Crippen LogP contribution in [0.3, 0.4) is 0 Å². The van der Waals surface area contributed by atoms with Gasteiger partial charge < -0.3 is 4.90 Å². The average molecular weight is 233 g/mol. The summed E-state index contributed by atoms with van der Waals surface area (Å²) in [5.41, 5.74) is 1.84. The van der Waals surface area contributed by atoms with Crippen molar-refractivity contribution in [3.05, 3.63) is 35.9 Å². The molecule has 0 aliphatic heterocycles. The van der Waals surface area contributed by atoms with Gasteiger partial charge in [0.15, 0.2) is 0 Å². The predicted molar refractivity (Wildman–Crippen MR) is 76.0 cm³/mol. The standard InChI is InChI=1S/C16H27N/c1-14(11-16(2,3)4)12-17(5)13-15-9-7-6-8-10-15/h6-10,14H,11-13H2,1-5H3. The molecule has 1 nitrogen and oxygen atoms in total. The summed E-state index contributed by atoms with van der Waals surface area (Å²) in [7, 11) is 2.21. The van der Waals surface area contributed by atoms with E-state index in [0.29, 0.717) is 5.41 Å². The fourth-order valence-electron chi connectivity index (χ4n) is 2.60. The number of rotatable bonds is 5. The molecule has 1 heteroatoms. The lowest BCUT2D eigenvalue weighted by molar-refractivity contribution is 0.224. The van der Waals surface area contributed by atoms with Crippen molar-refractivity contribution >= 4 is 0 Å². The van der Waals surface area contributed by atoms with Gasteiger partial charge in [0.1, 0.15) is 0 Å². The predicted octanol–water partition coefficient (Wildman–Crippen LogP) is 4.19. The van der Waals surface area contributed by atoms with E-state index in [2.05, 4.69) is 70.0 Å². The molecule has 0 spiro atoms. The molecule has 0 saturated carbocycles. The molecule has 96 valence electrons. The molecule has 1 aromatic carbocycles. The molecule has 1 rings (SSSR count). The second-order valence-corrected chi connectivity index (χ2v) is 6.55. The van der Waals surface area contributed by atoms with E-state index < -0.39 is 0 Å². The maximum Gasteiger partial charge on any atom is 0.0230 e.